The second kappa shape index (κ2) is 5.22. The van der Waals surface area contributed by atoms with E-state index in [0.29, 0.717) is 10.7 Å². The fourth-order valence-corrected chi connectivity index (χ4v) is 2.84. The smallest absolute Gasteiger partial charge is 0.261 e. The quantitative estimate of drug-likeness (QED) is 0.600. The van der Waals surface area contributed by atoms with E-state index < -0.39 is 10.0 Å². The average molecular weight is 313 g/mol. The van der Waals surface area contributed by atoms with Crippen molar-refractivity contribution in [2.24, 2.45) is 0 Å². The van der Waals surface area contributed by atoms with Crippen LogP contribution in [0.25, 0.3) is 0 Å². The van der Waals surface area contributed by atoms with Crippen LogP contribution in [0.1, 0.15) is 5.56 Å². The first kappa shape index (κ1) is 14.5. The third-order valence-electron chi connectivity index (χ3n) is 2.73. The number of benzene rings is 2. The molecule has 0 bridgehead atoms. The summed E-state index contributed by atoms with van der Waals surface area (Å²) in [6.45, 7) is 1.82. The Balaban J connectivity index is 2.35. The highest BCUT2D eigenvalue weighted by atomic mass is 35.5. The summed E-state index contributed by atoms with van der Waals surface area (Å²) in [5, 5.41) is 9.78. The topological polar surface area (TPSA) is 92.4 Å². The molecule has 0 spiro atoms. The maximum atomic E-state index is 12.2. The Morgan fingerprint density at radius 2 is 1.90 bits per heavy atom. The van der Waals surface area contributed by atoms with Gasteiger partial charge in [-0.2, -0.15) is 0 Å². The first-order valence-electron chi connectivity index (χ1n) is 5.67. The number of phenols is 1. The molecule has 0 radical (unpaired) electrons. The van der Waals surface area contributed by atoms with Crippen molar-refractivity contribution in [3.05, 3.63) is 47.0 Å². The van der Waals surface area contributed by atoms with Crippen LogP contribution in [0, 0.1) is 6.92 Å². The van der Waals surface area contributed by atoms with Crippen LogP contribution in [-0.2, 0) is 10.0 Å². The van der Waals surface area contributed by atoms with Crippen LogP contribution in [-0.4, -0.2) is 13.5 Å². The first-order chi connectivity index (χ1) is 9.29. The number of sulfonamides is 1. The Kier molecular flexibility index (Phi) is 3.78. The molecule has 0 saturated heterocycles. The summed E-state index contributed by atoms with van der Waals surface area (Å²) >= 11 is 5.95. The molecule has 7 heteroatoms. The molecule has 0 heterocycles. The number of aryl methyl sites for hydroxylation is 1. The second-order valence-electron chi connectivity index (χ2n) is 4.29. The monoisotopic (exact) mass is 312 g/mol. The first-order valence-corrected chi connectivity index (χ1v) is 7.53. The van der Waals surface area contributed by atoms with Crippen molar-refractivity contribution in [2.45, 2.75) is 11.8 Å². The summed E-state index contributed by atoms with van der Waals surface area (Å²) in [7, 11) is -3.78. The average Bonchev–Trinajstić information content (AvgIpc) is 2.37. The summed E-state index contributed by atoms with van der Waals surface area (Å²) < 4.78 is 26.7. The highest BCUT2D eigenvalue weighted by Crippen LogP contribution is 2.26. The Labute approximate surface area is 122 Å². The van der Waals surface area contributed by atoms with E-state index in [0.717, 1.165) is 5.56 Å². The number of hydrogen-bond acceptors (Lipinski definition) is 4. The minimum Gasteiger partial charge on any atom is -0.506 e. The molecular formula is C13H13ClN2O3S. The van der Waals surface area contributed by atoms with Gasteiger partial charge in [-0.05, 0) is 42.8 Å². The van der Waals surface area contributed by atoms with Crippen LogP contribution < -0.4 is 10.5 Å². The van der Waals surface area contributed by atoms with Gasteiger partial charge in [0.05, 0.1) is 16.3 Å². The van der Waals surface area contributed by atoms with E-state index >= 15 is 0 Å². The lowest BCUT2D eigenvalue weighted by Crippen LogP contribution is -2.13. The molecular weight excluding hydrogens is 300 g/mol. The largest absolute Gasteiger partial charge is 0.506 e. The van der Waals surface area contributed by atoms with E-state index in [-0.39, 0.29) is 16.3 Å². The van der Waals surface area contributed by atoms with E-state index in [2.05, 4.69) is 4.72 Å². The van der Waals surface area contributed by atoms with Crippen molar-refractivity contribution in [1.29, 1.82) is 0 Å². The number of halogens is 1. The number of rotatable bonds is 3. The van der Waals surface area contributed by atoms with Gasteiger partial charge in [-0.25, -0.2) is 8.42 Å². The van der Waals surface area contributed by atoms with Gasteiger partial charge in [-0.1, -0.05) is 17.7 Å². The van der Waals surface area contributed by atoms with Crippen molar-refractivity contribution in [3.8, 4) is 5.75 Å². The fraction of sp³-hybridized carbons (Fsp3) is 0.0769. The molecule has 0 atom stereocenters. The summed E-state index contributed by atoms with van der Waals surface area (Å²) in [6, 6.07) is 8.54. The van der Waals surface area contributed by atoms with Gasteiger partial charge in [0, 0.05) is 5.02 Å². The van der Waals surface area contributed by atoms with Crippen molar-refractivity contribution < 1.29 is 13.5 Å². The molecule has 2 aromatic carbocycles. The zero-order valence-corrected chi connectivity index (χ0v) is 12.2. The van der Waals surface area contributed by atoms with Gasteiger partial charge < -0.3 is 10.8 Å². The third-order valence-corrected chi connectivity index (χ3v) is 4.52. The Hall–Kier alpha value is -1.92. The SMILES string of the molecule is Cc1ccc(NS(=O)(=O)c2ccc(O)c(N)c2)cc1Cl. The van der Waals surface area contributed by atoms with Gasteiger partial charge in [0.15, 0.2) is 0 Å². The van der Waals surface area contributed by atoms with Crippen LogP contribution in [0.5, 0.6) is 5.75 Å². The van der Waals surface area contributed by atoms with Crippen molar-refractivity contribution in [1.82, 2.24) is 0 Å². The summed E-state index contributed by atoms with van der Waals surface area (Å²) in [5.41, 5.74) is 6.69. The molecule has 0 aliphatic carbocycles. The van der Waals surface area contributed by atoms with E-state index in [4.69, 9.17) is 17.3 Å². The molecule has 2 rings (SSSR count). The number of phenolic OH excluding ortho intramolecular Hbond substituents is 1. The minimum atomic E-state index is -3.78. The van der Waals surface area contributed by atoms with Crippen LogP contribution in [0.15, 0.2) is 41.3 Å². The molecule has 0 fully saturated rings. The summed E-state index contributed by atoms with van der Waals surface area (Å²) in [6.07, 6.45) is 0. The highest BCUT2D eigenvalue weighted by molar-refractivity contribution is 7.92. The molecule has 0 amide bonds. The molecule has 20 heavy (non-hydrogen) atoms. The lowest BCUT2D eigenvalue weighted by Gasteiger charge is -2.10. The van der Waals surface area contributed by atoms with E-state index in [1.807, 2.05) is 6.92 Å². The fourth-order valence-electron chi connectivity index (χ4n) is 1.57. The van der Waals surface area contributed by atoms with Gasteiger partial charge in [-0.15, -0.1) is 0 Å². The zero-order chi connectivity index (χ0) is 14.9. The summed E-state index contributed by atoms with van der Waals surface area (Å²) in [4.78, 5) is -0.0375. The molecule has 5 nitrogen and oxygen atoms in total. The van der Waals surface area contributed by atoms with Gasteiger partial charge in [0.1, 0.15) is 5.75 Å². The van der Waals surface area contributed by atoms with E-state index in [1.165, 1.54) is 24.3 Å². The molecule has 0 aliphatic heterocycles. The Bertz CT molecular complexity index is 760. The molecule has 2 aromatic rings. The highest BCUT2D eigenvalue weighted by Gasteiger charge is 2.16. The van der Waals surface area contributed by atoms with Crippen LogP contribution in [0.4, 0.5) is 11.4 Å². The van der Waals surface area contributed by atoms with Gasteiger partial charge >= 0.3 is 0 Å². The van der Waals surface area contributed by atoms with Crippen LogP contribution in [0.2, 0.25) is 5.02 Å². The lowest BCUT2D eigenvalue weighted by atomic mass is 10.2. The minimum absolute atomic E-state index is 0.00480. The number of nitrogen functional groups attached to an aromatic ring is 1. The third kappa shape index (κ3) is 2.97. The predicted octanol–water partition coefficient (Wildman–Crippen LogP) is 2.74. The Morgan fingerprint density at radius 1 is 1.20 bits per heavy atom. The molecule has 0 aliphatic rings. The molecule has 0 unspecified atom stereocenters. The standard InChI is InChI=1S/C13H13ClN2O3S/c1-8-2-3-9(6-11(8)14)16-20(18,19)10-4-5-13(17)12(15)7-10/h2-7,16-17H,15H2,1H3. The molecule has 106 valence electrons. The van der Waals surface area contributed by atoms with Crippen molar-refractivity contribution in [3.63, 3.8) is 0 Å². The Morgan fingerprint density at radius 3 is 2.50 bits per heavy atom. The number of anilines is 2. The summed E-state index contributed by atoms with van der Waals surface area (Å²) in [5.74, 6) is -0.165. The van der Waals surface area contributed by atoms with Crippen LogP contribution >= 0.6 is 11.6 Å². The van der Waals surface area contributed by atoms with Crippen molar-refractivity contribution >= 4 is 33.0 Å². The zero-order valence-electron chi connectivity index (χ0n) is 10.6. The number of nitrogens with one attached hydrogen (secondary N) is 1. The number of aromatic hydroxyl groups is 1. The van der Waals surface area contributed by atoms with E-state index in [9.17, 15) is 13.5 Å². The molecule has 4 N–H and O–H groups in total. The maximum Gasteiger partial charge on any atom is 0.261 e. The predicted molar refractivity (Wildman–Crippen MR) is 79.5 cm³/mol. The lowest BCUT2D eigenvalue weighted by molar-refractivity contribution is 0.477. The maximum absolute atomic E-state index is 12.2. The van der Waals surface area contributed by atoms with Gasteiger partial charge in [0.25, 0.3) is 10.0 Å². The van der Waals surface area contributed by atoms with Gasteiger partial charge in [-0.3, -0.25) is 4.72 Å². The number of nitrogens with two attached hydrogens (primary N) is 1. The molecule has 0 aromatic heterocycles. The van der Waals surface area contributed by atoms with Crippen LogP contribution in [0.3, 0.4) is 0 Å². The normalized spacial score (nSPS) is 11.3. The van der Waals surface area contributed by atoms with E-state index in [1.54, 1.807) is 12.1 Å². The van der Waals surface area contributed by atoms with Crippen molar-refractivity contribution in [2.75, 3.05) is 10.5 Å². The molecule has 0 saturated carbocycles. The second-order valence-corrected chi connectivity index (χ2v) is 6.38. The number of hydrogen-bond donors (Lipinski definition) is 3. The van der Waals surface area contributed by atoms with Gasteiger partial charge in [0.2, 0.25) is 0 Å².